The van der Waals surface area contributed by atoms with E-state index in [0.29, 0.717) is 15.8 Å². The Labute approximate surface area is 146 Å². The molecule has 0 bridgehead atoms. The number of carbonyl (C=O) groups is 1. The van der Waals surface area contributed by atoms with Crippen molar-refractivity contribution >= 4 is 32.9 Å². The van der Waals surface area contributed by atoms with Gasteiger partial charge in [-0.15, -0.1) is 0 Å². The first kappa shape index (κ1) is 16.4. The number of carbonyl (C=O) groups excluding carboxylic acids is 1. The van der Waals surface area contributed by atoms with E-state index in [1.807, 2.05) is 25.1 Å². The molecule has 0 aliphatic rings. The monoisotopic (exact) mass is 389 g/mol. The van der Waals surface area contributed by atoms with Gasteiger partial charge in [-0.25, -0.2) is 9.78 Å². The summed E-state index contributed by atoms with van der Waals surface area (Å²) < 4.78 is 8.68. The van der Waals surface area contributed by atoms with Gasteiger partial charge in [0.15, 0.2) is 0 Å². The number of esters is 1. The summed E-state index contributed by atoms with van der Waals surface area (Å²) in [6.07, 6.45) is 1.62. The summed E-state index contributed by atoms with van der Waals surface area (Å²) >= 11 is 3.29. The van der Waals surface area contributed by atoms with Gasteiger partial charge in [-0.2, -0.15) is 0 Å². The minimum atomic E-state index is -0.436. The van der Waals surface area contributed by atoms with E-state index < -0.39 is 5.97 Å². The largest absolute Gasteiger partial charge is 0.465 e. The number of hydrogen-bond acceptors (Lipinski definition) is 4. The van der Waals surface area contributed by atoms with E-state index in [1.54, 1.807) is 29.8 Å². The maximum atomic E-state index is 12.9. The molecule has 0 aliphatic heterocycles. The smallest absolute Gasteiger partial charge is 0.334 e. The lowest BCUT2D eigenvalue weighted by atomic mass is 10.2. The molecule has 6 nitrogen and oxygen atoms in total. The number of benzene rings is 1. The molecule has 0 unspecified atom stereocenters. The molecule has 0 saturated carbocycles. The fourth-order valence-electron chi connectivity index (χ4n) is 2.70. The SMILES string of the molecule is CCOC(=O)Cn1c(=O)n(-c2ccc(Br)nc2)c2c(C)cccc21. The summed E-state index contributed by atoms with van der Waals surface area (Å²) in [6, 6.07) is 9.20. The van der Waals surface area contributed by atoms with Gasteiger partial charge in [-0.3, -0.25) is 13.9 Å². The maximum absolute atomic E-state index is 12.9. The number of aryl methyl sites for hydroxylation is 1. The van der Waals surface area contributed by atoms with Crippen LogP contribution in [0.3, 0.4) is 0 Å². The van der Waals surface area contributed by atoms with Gasteiger partial charge in [-0.05, 0) is 53.5 Å². The van der Waals surface area contributed by atoms with Crippen LogP contribution >= 0.6 is 15.9 Å². The second kappa shape index (κ2) is 6.60. The molecule has 0 fully saturated rings. The van der Waals surface area contributed by atoms with Crippen molar-refractivity contribution < 1.29 is 9.53 Å². The highest BCUT2D eigenvalue weighted by Gasteiger charge is 2.18. The molecule has 2 aromatic heterocycles. The Bertz CT molecular complexity index is 958. The number of aromatic nitrogens is 3. The predicted molar refractivity (Wildman–Crippen MR) is 94.4 cm³/mol. The summed E-state index contributed by atoms with van der Waals surface area (Å²) in [4.78, 5) is 29.0. The van der Waals surface area contributed by atoms with Crippen molar-refractivity contribution in [2.24, 2.45) is 0 Å². The summed E-state index contributed by atoms with van der Waals surface area (Å²) in [5.74, 6) is -0.436. The Hall–Kier alpha value is -2.41. The number of ether oxygens (including phenoxy) is 1. The molecule has 0 atom stereocenters. The molecule has 0 amide bonds. The van der Waals surface area contributed by atoms with Gasteiger partial charge in [0, 0.05) is 0 Å². The molecule has 1 aromatic carbocycles. The minimum absolute atomic E-state index is 0.121. The lowest BCUT2D eigenvalue weighted by Gasteiger charge is -2.04. The molecule has 0 spiro atoms. The van der Waals surface area contributed by atoms with Gasteiger partial charge >= 0.3 is 11.7 Å². The zero-order valence-electron chi connectivity index (χ0n) is 13.3. The highest BCUT2D eigenvalue weighted by atomic mass is 79.9. The van der Waals surface area contributed by atoms with Crippen molar-refractivity contribution in [1.82, 2.24) is 14.1 Å². The van der Waals surface area contributed by atoms with Crippen molar-refractivity contribution in [3.63, 3.8) is 0 Å². The normalized spacial score (nSPS) is 11.0. The highest BCUT2D eigenvalue weighted by Crippen LogP contribution is 2.21. The number of rotatable bonds is 4. The summed E-state index contributed by atoms with van der Waals surface area (Å²) in [6.45, 7) is 3.83. The van der Waals surface area contributed by atoms with Crippen LogP contribution in [-0.4, -0.2) is 26.7 Å². The van der Waals surface area contributed by atoms with E-state index >= 15 is 0 Å². The number of imidazole rings is 1. The Kier molecular flexibility index (Phi) is 4.53. The summed E-state index contributed by atoms with van der Waals surface area (Å²) in [7, 11) is 0. The topological polar surface area (TPSA) is 66.1 Å². The van der Waals surface area contributed by atoms with E-state index in [1.165, 1.54) is 4.57 Å². The van der Waals surface area contributed by atoms with E-state index in [-0.39, 0.29) is 18.8 Å². The number of para-hydroxylation sites is 1. The molecule has 2 heterocycles. The van der Waals surface area contributed by atoms with Crippen LogP contribution in [0.2, 0.25) is 0 Å². The average Bonchev–Trinajstić information content (AvgIpc) is 2.83. The quantitative estimate of drug-likeness (QED) is 0.508. The Morgan fingerprint density at radius 3 is 2.75 bits per heavy atom. The highest BCUT2D eigenvalue weighted by molar-refractivity contribution is 9.10. The molecule has 3 rings (SSSR count). The van der Waals surface area contributed by atoms with E-state index in [2.05, 4.69) is 20.9 Å². The fourth-order valence-corrected chi connectivity index (χ4v) is 2.93. The lowest BCUT2D eigenvalue weighted by molar-refractivity contribution is -0.143. The van der Waals surface area contributed by atoms with E-state index in [4.69, 9.17) is 4.74 Å². The number of halogens is 1. The molecule has 24 heavy (non-hydrogen) atoms. The third kappa shape index (κ3) is 2.87. The summed E-state index contributed by atoms with van der Waals surface area (Å²) in [5, 5.41) is 0. The fraction of sp³-hybridized carbons (Fsp3) is 0.235. The van der Waals surface area contributed by atoms with Crippen molar-refractivity contribution in [3.8, 4) is 5.69 Å². The second-order valence-electron chi connectivity index (χ2n) is 5.29. The van der Waals surface area contributed by atoms with Crippen LogP contribution in [0.1, 0.15) is 12.5 Å². The van der Waals surface area contributed by atoms with E-state index in [0.717, 1.165) is 11.1 Å². The number of nitrogens with zero attached hydrogens (tertiary/aromatic N) is 3. The van der Waals surface area contributed by atoms with Crippen molar-refractivity contribution in [3.05, 3.63) is 57.2 Å². The van der Waals surface area contributed by atoms with Gasteiger partial charge in [0.25, 0.3) is 0 Å². The number of hydrogen-bond donors (Lipinski definition) is 0. The molecule has 7 heteroatoms. The average molecular weight is 390 g/mol. The molecule has 124 valence electrons. The third-order valence-electron chi connectivity index (χ3n) is 3.72. The van der Waals surface area contributed by atoms with Gasteiger partial charge in [0.2, 0.25) is 0 Å². The van der Waals surface area contributed by atoms with Gasteiger partial charge in [-0.1, -0.05) is 12.1 Å². The van der Waals surface area contributed by atoms with Gasteiger partial charge < -0.3 is 4.74 Å². The number of fused-ring (bicyclic) bond motifs is 1. The third-order valence-corrected chi connectivity index (χ3v) is 4.18. The van der Waals surface area contributed by atoms with Crippen LogP contribution in [0.5, 0.6) is 0 Å². The van der Waals surface area contributed by atoms with E-state index in [9.17, 15) is 9.59 Å². The molecular weight excluding hydrogens is 374 g/mol. The maximum Gasteiger partial charge on any atom is 0.334 e. The summed E-state index contributed by atoms with van der Waals surface area (Å²) in [5.41, 5.74) is 2.74. The van der Waals surface area contributed by atoms with Gasteiger partial charge in [0.1, 0.15) is 11.1 Å². The second-order valence-corrected chi connectivity index (χ2v) is 6.10. The Balaban J connectivity index is 2.26. The zero-order chi connectivity index (χ0) is 17.3. The molecule has 0 saturated heterocycles. The number of pyridine rings is 1. The standard InChI is InChI=1S/C17H16BrN3O3/c1-3-24-15(22)10-20-13-6-4-5-11(2)16(13)21(17(20)23)12-7-8-14(18)19-9-12/h4-9H,3,10H2,1-2H3. The van der Waals surface area contributed by atoms with Crippen LogP contribution in [0.4, 0.5) is 0 Å². The molecule has 0 N–H and O–H groups in total. The van der Waals surface area contributed by atoms with Crippen molar-refractivity contribution in [2.45, 2.75) is 20.4 Å². The zero-order valence-corrected chi connectivity index (χ0v) is 14.9. The van der Waals surface area contributed by atoms with Crippen LogP contribution in [0, 0.1) is 6.92 Å². The van der Waals surface area contributed by atoms with Crippen LogP contribution in [-0.2, 0) is 16.1 Å². The van der Waals surface area contributed by atoms with Crippen LogP contribution in [0.25, 0.3) is 16.7 Å². The van der Waals surface area contributed by atoms with Crippen molar-refractivity contribution in [2.75, 3.05) is 6.61 Å². The minimum Gasteiger partial charge on any atom is -0.465 e. The molecular formula is C17H16BrN3O3. The Morgan fingerprint density at radius 1 is 1.29 bits per heavy atom. The molecule has 3 aromatic rings. The first-order valence-electron chi connectivity index (χ1n) is 7.51. The molecule has 0 radical (unpaired) electrons. The lowest BCUT2D eigenvalue weighted by Crippen LogP contribution is -2.27. The van der Waals surface area contributed by atoms with Crippen molar-refractivity contribution in [1.29, 1.82) is 0 Å². The van der Waals surface area contributed by atoms with Gasteiger partial charge in [0.05, 0.1) is 29.5 Å². The first-order valence-corrected chi connectivity index (χ1v) is 8.30. The van der Waals surface area contributed by atoms with Crippen LogP contribution in [0.15, 0.2) is 45.9 Å². The predicted octanol–water partition coefficient (Wildman–Crippen LogP) is 2.82. The first-order chi connectivity index (χ1) is 11.5. The Morgan fingerprint density at radius 2 is 2.08 bits per heavy atom. The molecule has 0 aliphatic carbocycles. The van der Waals surface area contributed by atoms with Crippen LogP contribution < -0.4 is 5.69 Å².